The molecule has 1 heterocycles. The minimum atomic E-state index is -0.618. The third-order valence-electron chi connectivity index (χ3n) is 2.95. The zero-order valence-electron chi connectivity index (χ0n) is 10.6. The minimum Gasteiger partial charge on any atom is -0.361 e. The summed E-state index contributed by atoms with van der Waals surface area (Å²) in [5.74, 6) is -1.19. The summed E-state index contributed by atoms with van der Waals surface area (Å²) < 4.78 is 27.1. The molecular weight excluding hydrogens is 278 g/mol. The molecule has 0 aliphatic rings. The maximum absolute atomic E-state index is 13.5. The quantitative estimate of drug-likeness (QED) is 0.778. The number of halogens is 2. The summed E-state index contributed by atoms with van der Waals surface area (Å²) in [6.45, 7) is 0.702. The van der Waals surface area contributed by atoms with Crippen molar-refractivity contribution in [2.45, 2.75) is 6.42 Å². The second kappa shape index (κ2) is 5.54. The molecule has 102 valence electrons. The highest BCUT2D eigenvalue weighted by molar-refractivity contribution is 7.22. The normalized spacial score (nSPS) is 10.9. The summed E-state index contributed by atoms with van der Waals surface area (Å²) in [4.78, 5) is 4.15. The van der Waals surface area contributed by atoms with Gasteiger partial charge in [-0.25, -0.2) is 13.8 Å². The smallest absolute Gasteiger partial charge is 0.183 e. The zero-order valence-corrected chi connectivity index (χ0v) is 11.4. The first kappa shape index (κ1) is 13.0. The summed E-state index contributed by atoms with van der Waals surface area (Å²) in [6, 6.07) is 12.2. The van der Waals surface area contributed by atoms with Crippen LogP contribution >= 0.6 is 11.3 Å². The molecular formula is C15H12F2N2S. The number of anilines is 1. The fourth-order valence-corrected chi connectivity index (χ4v) is 2.92. The van der Waals surface area contributed by atoms with E-state index in [0.29, 0.717) is 16.4 Å². The lowest BCUT2D eigenvalue weighted by Crippen LogP contribution is -2.04. The number of fused-ring (bicyclic) bond motifs is 1. The number of hydrogen-bond acceptors (Lipinski definition) is 3. The molecule has 0 unspecified atom stereocenters. The summed E-state index contributed by atoms with van der Waals surface area (Å²) in [5, 5.41) is 3.76. The monoisotopic (exact) mass is 290 g/mol. The van der Waals surface area contributed by atoms with Crippen LogP contribution in [-0.4, -0.2) is 11.5 Å². The molecule has 0 saturated heterocycles. The lowest BCUT2D eigenvalue weighted by atomic mass is 10.2. The van der Waals surface area contributed by atoms with Crippen LogP contribution in [0.25, 0.3) is 10.2 Å². The lowest BCUT2D eigenvalue weighted by Gasteiger charge is -2.02. The van der Waals surface area contributed by atoms with Gasteiger partial charge in [0.15, 0.2) is 10.9 Å². The van der Waals surface area contributed by atoms with Crippen LogP contribution in [0.4, 0.5) is 13.9 Å². The maximum Gasteiger partial charge on any atom is 0.183 e. The van der Waals surface area contributed by atoms with Gasteiger partial charge in [-0.15, -0.1) is 0 Å². The molecule has 3 aromatic rings. The van der Waals surface area contributed by atoms with Gasteiger partial charge in [-0.05, 0) is 18.1 Å². The van der Waals surface area contributed by atoms with E-state index < -0.39 is 11.6 Å². The van der Waals surface area contributed by atoms with E-state index in [2.05, 4.69) is 22.4 Å². The lowest BCUT2D eigenvalue weighted by molar-refractivity contribution is 0.591. The summed E-state index contributed by atoms with van der Waals surface area (Å²) in [7, 11) is 0. The molecule has 5 heteroatoms. The van der Waals surface area contributed by atoms with Gasteiger partial charge < -0.3 is 5.32 Å². The fourth-order valence-electron chi connectivity index (χ4n) is 1.99. The van der Waals surface area contributed by atoms with Crippen molar-refractivity contribution >= 4 is 26.7 Å². The first-order chi connectivity index (χ1) is 9.72. The highest BCUT2D eigenvalue weighted by Gasteiger charge is 2.10. The molecule has 20 heavy (non-hydrogen) atoms. The molecule has 0 spiro atoms. The van der Waals surface area contributed by atoms with E-state index in [-0.39, 0.29) is 5.52 Å². The van der Waals surface area contributed by atoms with Gasteiger partial charge >= 0.3 is 0 Å². The Labute approximate surface area is 119 Å². The second-order valence-corrected chi connectivity index (χ2v) is 5.45. The van der Waals surface area contributed by atoms with E-state index >= 15 is 0 Å². The maximum atomic E-state index is 13.5. The van der Waals surface area contributed by atoms with Crippen LogP contribution < -0.4 is 5.32 Å². The van der Waals surface area contributed by atoms with Gasteiger partial charge in [0.25, 0.3) is 0 Å². The molecule has 3 rings (SSSR count). The van der Waals surface area contributed by atoms with Crippen molar-refractivity contribution in [2.75, 3.05) is 11.9 Å². The third-order valence-corrected chi connectivity index (χ3v) is 3.91. The van der Waals surface area contributed by atoms with E-state index in [9.17, 15) is 8.78 Å². The Morgan fingerprint density at radius 2 is 1.90 bits per heavy atom. The summed E-state index contributed by atoms with van der Waals surface area (Å²) in [5.41, 5.74) is 1.44. The number of nitrogens with zero attached hydrogens (tertiary/aromatic N) is 1. The predicted molar refractivity (Wildman–Crippen MR) is 78.2 cm³/mol. The van der Waals surface area contributed by atoms with Crippen molar-refractivity contribution in [1.82, 2.24) is 4.98 Å². The molecule has 0 fully saturated rings. The van der Waals surface area contributed by atoms with Gasteiger partial charge in [0, 0.05) is 12.6 Å². The third kappa shape index (κ3) is 2.77. The van der Waals surface area contributed by atoms with Crippen LogP contribution in [0.5, 0.6) is 0 Å². The molecule has 0 aliphatic heterocycles. The minimum absolute atomic E-state index is 0.221. The predicted octanol–water partition coefficient (Wildman–Crippen LogP) is 4.23. The Bertz CT molecular complexity index is 725. The van der Waals surface area contributed by atoms with Crippen molar-refractivity contribution in [3.63, 3.8) is 0 Å². The SMILES string of the molecule is Fc1cc(F)c2nc(NCCc3ccccc3)sc2c1. The average molecular weight is 290 g/mol. The Balaban J connectivity index is 1.70. The van der Waals surface area contributed by atoms with Crippen LogP contribution in [0.1, 0.15) is 5.56 Å². The van der Waals surface area contributed by atoms with Crippen molar-refractivity contribution in [2.24, 2.45) is 0 Å². The molecule has 2 nitrogen and oxygen atoms in total. The average Bonchev–Trinajstić information content (AvgIpc) is 2.83. The van der Waals surface area contributed by atoms with Crippen LogP contribution in [0.2, 0.25) is 0 Å². The van der Waals surface area contributed by atoms with Crippen LogP contribution in [-0.2, 0) is 6.42 Å². The molecule has 0 amide bonds. The van der Waals surface area contributed by atoms with E-state index in [4.69, 9.17) is 0 Å². The Hall–Kier alpha value is -2.01. The highest BCUT2D eigenvalue weighted by atomic mass is 32.1. The van der Waals surface area contributed by atoms with Gasteiger partial charge in [-0.2, -0.15) is 0 Å². The molecule has 0 saturated carbocycles. The fraction of sp³-hybridized carbons (Fsp3) is 0.133. The van der Waals surface area contributed by atoms with Gasteiger partial charge in [0.05, 0.1) is 4.70 Å². The number of rotatable bonds is 4. The van der Waals surface area contributed by atoms with Crippen molar-refractivity contribution in [1.29, 1.82) is 0 Å². The Morgan fingerprint density at radius 1 is 1.10 bits per heavy atom. The molecule has 2 aromatic carbocycles. The van der Waals surface area contributed by atoms with E-state index in [0.717, 1.165) is 12.5 Å². The van der Waals surface area contributed by atoms with Crippen LogP contribution in [0.3, 0.4) is 0 Å². The summed E-state index contributed by atoms with van der Waals surface area (Å²) >= 11 is 1.26. The van der Waals surface area contributed by atoms with Crippen LogP contribution in [0, 0.1) is 11.6 Å². The highest BCUT2D eigenvalue weighted by Crippen LogP contribution is 2.28. The van der Waals surface area contributed by atoms with Crippen LogP contribution in [0.15, 0.2) is 42.5 Å². The van der Waals surface area contributed by atoms with Gasteiger partial charge in [-0.3, -0.25) is 0 Å². The summed E-state index contributed by atoms with van der Waals surface area (Å²) in [6.07, 6.45) is 0.855. The Morgan fingerprint density at radius 3 is 2.70 bits per heavy atom. The zero-order chi connectivity index (χ0) is 13.9. The van der Waals surface area contributed by atoms with E-state index in [1.54, 1.807) is 0 Å². The number of aromatic nitrogens is 1. The molecule has 0 atom stereocenters. The number of thiazole rings is 1. The Kier molecular flexibility index (Phi) is 3.60. The van der Waals surface area contributed by atoms with Crippen molar-refractivity contribution in [3.05, 3.63) is 59.7 Å². The van der Waals surface area contributed by atoms with Gasteiger partial charge in [-0.1, -0.05) is 41.7 Å². The van der Waals surface area contributed by atoms with Crippen molar-refractivity contribution < 1.29 is 8.78 Å². The topological polar surface area (TPSA) is 24.9 Å². The van der Waals surface area contributed by atoms with Crippen molar-refractivity contribution in [3.8, 4) is 0 Å². The second-order valence-electron chi connectivity index (χ2n) is 4.42. The van der Waals surface area contributed by atoms with E-state index in [1.165, 1.54) is 23.0 Å². The largest absolute Gasteiger partial charge is 0.361 e. The molecule has 0 aliphatic carbocycles. The molecule has 1 aromatic heterocycles. The number of benzene rings is 2. The molecule has 0 radical (unpaired) electrons. The van der Waals surface area contributed by atoms with Gasteiger partial charge in [0.2, 0.25) is 0 Å². The standard InChI is InChI=1S/C15H12F2N2S/c16-11-8-12(17)14-13(9-11)20-15(19-14)18-7-6-10-4-2-1-3-5-10/h1-5,8-9H,6-7H2,(H,18,19). The van der Waals surface area contributed by atoms with E-state index in [1.807, 2.05) is 18.2 Å². The molecule has 1 N–H and O–H groups in total. The van der Waals surface area contributed by atoms with Gasteiger partial charge in [0.1, 0.15) is 11.3 Å². The number of nitrogens with one attached hydrogen (secondary N) is 1. The number of hydrogen-bond donors (Lipinski definition) is 1. The first-order valence-corrected chi connectivity index (χ1v) is 7.07. The molecule has 0 bridgehead atoms. The first-order valence-electron chi connectivity index (χ1n) is 6.26.